The van der Waals surface area contributed by atoms with Crippen molar-refractivity contribution in [2.24, 2.45) is 0 Å². The number of hydrogen-bond donors (Lipinski definition) is 1. The molecular formula is C24H32N2O3. The maximum atomic E-state index is 13.0. The van der Waals surface area contributed by atoms with Crippen molar-refractivity contribution in [2.45, 2.75) is 59.7 Å². The zero-order valence-electron chi connectivity index (χ0n) is 18.1. The molecule has 2 atom stereocenters. The molecule has 2 amide bonds. The molecule has 2 rings (SSSR count). The van der Waals surface area contributed by atoms with E-state index in [0.29, 0.717) is 12.3 Å². The molecule has 5 heteroatoms. The predicted molar refractivity (Wildman–Crippen MR) is 116 cm³/mol. The minimum absolute atomic E-state index is 0.0594. The summed E-state index contributed by atoms with van der Waals surface area (Å²) in [5, 5.41) is 2.97. The van der Waals surface area contributed by atoms with Gasteiger partial charge in [0, 0.05) is 12.6 Å². The monoisotopic (exact) mass is 396 g/mol. The van der Waals surface area contributed by atoms with Gasteiger partial charge in [0.15, 0.2) is 6.61 Å². The molecule has 0 spiro atoms. The molecule has 5 nitrogen and oxygen atoms in total. The van der Waals surface area contributed by atoms with Crippen molar-refractivity contribution in [3.8, 4) is 5.75 Å². The number of rotatable bonds is 9. The van der Waals surface area contributed by atoms with Crippen LogP contribution in [0.15, 0.2) is 48.5 Å². The van der Waals surface area contributed by atoms with Gasteiger partial charge in [0.25, 0.3) is 5.91 Å². The first kappa shape index (κ1) is 22.5. The lowest BCUT2D eigenvalue weighted by molar-refractivity contribution is -0.142. The second-order valence-electron chi connectivity index (χ2n) is 7.54. The molecule has 0 aliphatic rings. The Morgan fingerprint density at radius 1 is 1.03 bits per heavy atom. The third-order valence-corrected chi connectivity index (χ3v) is 5.15. The van der Waals surface area contributed by atoms with E-state index in [0.717, 1.165) is 23.1 Å². The summed E-state index contributed by atoms with van der Waals surface area (Å²) in [7, 11) is 0. The molecule has 0 fully saturated rings. The van der Waals surface area contributed by atoms with E-state index >= 15 is 0 Å². The maximum Gasteiger partial charge on any atom is 0.261 e. The van der Waals surface area contributed by atoms with Crippen molar-refractivity contribution in [1.29, 1.82) is 0 Å². The van der Waals surface area contributed by atoms with Crippen molar-refractivity contribution < 1.29 is 14.3 Å². The van der Waals surface area contributed by atoms with Crippen LogP contribution >= 0.6 is 0 Å². The highest BCUT2D eigenvalue weighted by molar-refractivity contribution is 5.88. The first-order valence-electron chi connectivity index (χ1n) is 10.2. The highest BCUT2D eigenvalue weighted by Gasteiger charge is 2.27. The number of amides is 2. The molecule has 0 aliphatic heterocycles. The van der Waals surface area contributed by atoms with Crippen LogP contribution in [0.25, 0.3) is 0 Å². The Bertz CT molecular complexity index is 817. The third kappa shape index (κ3) is 6.63. The van der Waals surface area contributed by atoms with E-state index in [1.807, 2.05) is 76.2 Å². The number of ether oxygens (including phenoxy) is 1. The number of carbonyl (C=O) groups is 2. The van der Waals surface area contributed by atoms with Crippen LogP contribution in [-0.2, 0) is 16.1 Å². The lowest BCUT2D eigenvalue weighted by Crippen LogP contribution is -2.50. The zero-order chi connectivity index (χ0) is 21.4. The summed E-state index contributed by atoms with van der Waals surface area (Å²) in [5.41, 5.74) is 3.22. The largest absolute Gasteiger partial charge is 0.484 e. The molecule has 2 aromatic rings. The smallest absolute Gasteiger partial charge is 0.261 e. The van der Waals surface area contributed by atoms with Gasteiger partial charge in [-0.15, -0.1) is 0 Å². The van der Waals surface area contributed by atoms with Gasteiger partial charge in [-0.3, -0.25) is 9.59 Å². The maximum absolute atomic E-state index is 13.0. The molecule has 0 unspecified atom stereocenters. The van der Waals surface area contributed by atoms with Crippen LogP contribution in [-0.4, -0.2) is 35.4 Å². The highest BCUT2D eigenvalue weighted by Crippen LogP contribution is 2.16. The molecule has 0 aliphatic carbocycles. The molecule has 0 radical (unpaired) electrons. The average Bonchev–Trinajstić information content (AvgIpc) is 2.71. The van der Waals surface area contributed by atoms with Crippen LogP contribution in [0, 0.1) is 13.8 Å². The molecule has 0 saturated carbocycles. The van der Waals surface area contributed by atoms with E-state index < -0.39 is 6.04 Å². The summed E-state index contributed by atoms with van der Waals surface area (Å²) >= 11 is 0. The first-order chi connectivity index (χ1) is 13.8. The van der Waals surface area contributed by atoms with Crippen LogP contribution in [0.4, 0.5) is 0 Å². The van der Waals surface area contributed by atoms with Crippen molar-refractivity contribution >= 4 is 11.8 Å². The minimum Gasteiger partial charge on any atom is -0.484 e. The molecule has 0 heterocycles. The molecule has 29 heavy (non-hydrogen) atoms. The Balaban J connectivity index is 2.15. The summed E-state index contributed by atoms with van der Waals surface area (Å²) in [6, 6.07) is 14.9. The van der Waals surface area contributed by atoms with Gasteiger partial charge in [0.1, 0.15) is 11.8 Å². The Morgan fingerprint density at radius 3 is 2.31 bits per heavy atom. The molecule has 1 N–H and O–H groups in total. The number of nitrogens with zero attached hydrogens (tertiary/aromatic N) is 1. The predicted octanol–water partition coefficient (Wildman–Crippen LogP) is 4.01. The van der Waals surface area contributed by atoms with Crippen LogP contribution in [0.1, 0.15) is 43.9 Å². The van der Waals surface area contributed by atoms with Gasteiger partial charge >= 0.3 is 0 Å². The number of carbonyl (C=O) groups excluding carboxylic acids is 2. The third-order valence-electron chi connectivity index (χ3n) is 5.15. The lowest BCUT2D eigenvalue weighted by atomic mass is 10.1. The fourth-order valence-corrected chi connectivity index (χ4v) is 2.88. The lowest BCUT2D eigenvalue weighted by Gasteiger charge is -2.30. The molecule has 0 bridgehead atoms. The van der Waals surface area contributed by atoms with E-state index in [4.69, 9.17) is 4.74 Å². The van der Waals surface area contributed by atoms with E-state index in [1.165, 1.54) is 0 Å². The highest BCUT2D eigenvalue weighted by atomic mass is 16.5. The van der Waals surface area contributed by atoms with Gasteiger partial charge in [-0.1, -0.05) is 48.9 Å². The zero-order valence-corrected chi connectivity index (χ0v) is 18.1. The number of nitrogens with one attached hydrogen (secondary N) is 1. The van der Waals surface area contributed by atoms with Gasteiger partial charge in [-0.2, -0.15) is 0 Å². The van der Waals surface area contributed by atoms with Crippen molar-refractivity contribution in [3.05, 3.63) is 65.2 Å². The van der Waals surface area contributed by atoms with Crippen LogP contribution in [0.5, 0.6) is 5.75 Å². The summed E-state index contributed by atoms with van der Waals surface area (Å²) in [5.74, 6) is 0.258. The second kappa shape index (κ2) is 10.6. The van der Waals surface area contributed by atoms with Crippen molar-refractivity contribution in [3.63, 3.8) is 0 Å². The van der Waals surface area contributed by atoms with Crippen molar-refractivity contribution in [1.82, 2.24) is 10.2 Å². The number of aryl methyl sites for hydroxylation is 2. The van der Waals surface area contributed by atoms with E-state index in [-0.39, 0.29) is 24.5 Å². The van der Waals surface area contributed by atoms with Gasteiger partial charge in [0.05, 0.1) is 0 Å². The Morgan fingerprint density at radius 2 is 1.69 bits per heavy atom. The Hall–Kier alpha value is -2.82. The summed E-state index contributed by atoms with van der Waals surface area (Å²) in [6.45, 7) is 9.98. The fourth-order valence-electron chi connectivity index (χ4n) is 2.88. The minimum atomic E-state index is -0.599. The molecule has 2 aromatic carbocycles. The molecule has 156 valence electrons. The Labute approximate surface area is 174 Å². The van der Waals surface area contributed by atoms with Crippen LogP contribution < -0.4 is 10.1 Å². The topological polar surface area (TPSA) is 58.6 Å². The SMILES string of the molecule is CC[C@H](C)NC(=O)[C@H](C)N(Cc1ccccc1C)C(=O)COc1ccc(C)cc1. The van der Waals surface area contributed by atoms with Crippen LogP contribution in [0.3, 0.4) is 0 Å². The standard InChI is InChI=1S/C24H32N2O3/c1-6-19(4)25-24(28)20(5)26(15-21-10-8-7-9-18(21)3)23(27)16-29-22-13-11-17(2)12-14-22/h7-14,19-20H,6,15-16H2,1-5H3,(H,25,28)/t19-,20-/m0/s1. The number of benzene rings is 2. The van der Waals surface area contributed by atoms with Gasteiger partial charge in [-0.25, -0.2) is 0 Å². The van der Waals surface area contributed by atoms with E-state index in [2.05, 4.69) is 5.32 Å². The van der Waals surface area contributed by atoms with Crippen molar-refractivity contribution in [2.75, 3.05) is 6.61 Å². The quantitative estimate of drug-likeness (QED) is 0.697. The summed E-state index contributed by atoms with van der Waals surface area (Å²) < 4.78 is 5.68. The van der Waals surface area contributed by atoms with E-state index in [1.54, 1.807) is 11.8 Å². The molecule has 0 saturated heterocycles. The average molecular weight is 397 g/mol. The van der Waals surface area contributed by atoms with Gasteiger partial charge in [-0.05, 0) is 57.4 Å². The fraction of sp³-hybridized carbons (Fsp3) is 0.417. The van der Waals surface area contributed by atoms with Gasteiger partial charge < -0.3 is 15.0 Å². The molecule has 0 aromatic heterocycles. The normalized spacial score (nSPS) is 12.7. The van der Waals surface area contributed by atoms with Crippen LogP contribution in [0.2, 0.25) is 0 Å². The number of hydrogen-bond acceptors (Lipinski definition) is 3. The first-order valence-corrected chi connectivity index (χ1v) is 10.2. The molecular weight excluding hydrogens is 364 g/mol. The van der Waals surface area contributed by atoms with E-state index in [9.17, 15) is 9.59 Å². The summed E-state index contributed by atoms with van der Waals surface area (Å²) in [4.78, 5) is 27.3. The summed E-state index contributed by atoms with van der Waals surface area (Å²) in [6.07, 6.45) is 0.834. The Kier molecular flexibility index (Phi) is 8.25. The van der Waals surface area contributed by atoms with Gasteiger partial charge in [0.2, 0.25) is 5.91 Å². The second-order valence-corrected chi connectivity index (χ2v) is 7.54.